The number of carbonyl (C=O) groups excluding carboxylic acids is 6. The number of nitrogens with one attached hydrogen (secondary N) is 7. The Labute approximate surface area is 757 Å². The van der Waals surface area contributed by atoms with E-state index in [1.54, 1.807) is 80.6 Å². The molecule has 4 aliphatic heterocycles. The third-order valence-corrected chi connectivity index (χ3v) is 23.3. The molecule has 40 nitrogen and oxygen atoms in total. The molecule has 686 valence electrons. The highest BCUT2D eigenvalue weighted by molar-refractivity contribution is 6.04. The molecule has 41 heteroatoms. The number of halogens is 1. The van der Waals surface area contributed by atoms with Gasteiger partial charge in [-0.05, 0) is 105 Å². The Morgan fingerprint density at radius 1 is 0.421 bits per heavy atom. The van der Waals surface area contributed by atoms with Crippen LogP contribution in [0, 0.1) is 17.7 Å². The highest BCUT2D eigenvalue weighted by Gasteiger charge is 2.57. The predicted molar refractivity (Wildman–Crippen MR) is 479 cm³/mol. The lowest BCUT2D eigenvalue weighted by molar-refractivity contribution is -0.152. The molecule has 15 atom stereocenters. The van der Waals surface area contributed by atoms with E-state index in [1.165, 1.54) is 66.4 Å². The number of urea groups is 3. The molecule has 0 spiro atoms. The Hall–Kier alpha value is -15.3. The number of anilines is 6. The number of fused-ring (bicyclic) bond motifs is 6. The highest BCUT2D eigenvalue weighted by Crippen LogP contribution is 2.50. The summed E-state index contributed by atoms with van der Waals surface area (Å²) in [5.41, 5.74) is 5.14. The molecule has 0 bridgehead atoms. The Morgan fingerprint density at radius 2 is 0.820 bits per heavy atom. The molecule has 9 amide bonds. The van der Waals surface area contributed by atoms with Crippen molar-refractivity contribution < 1.29 is 96.0 Å². The number of carbonyl (C=O) groups is 9. The van der Waals surface area contributed by atoms with E-state index in [1.807, 2.05) is 125 Å². The Balaban J connectivity index is 0.000000145. The van der Waals surface area contributed by atoms with E-state index in [9.17, 15) is 62.9 Å². The second-order valence-electron chi connectivity index (χ2n) is 31.6. The zero-order valence-corrected chi connectivity index (χ0v) is 72.1. The fourth-order valence-corrected chi connectivity index (χ4v) is 17.2. The number of nitrogens with zero attached hydrogens (tertiary/aromatic N) is 14. The first-order valence-electron chi connectivity index (χ1n) is 42.8. The number of carboxylic acids is 3. The normalized spacial score (nSPS) is 22.5. The minimum atomic E-state index is -1.36. The van der Waals surface area contributed by atoms with Gasteiger partial charge in [-0.25, -0.2) is 78.0 Å². The molecule has 6 fully saturated rings. The first-order chi connectivity index (χ1) is 64.5. The number of para-hydroxylation sites is 3. The van der Waals surface area contributed by atoms with Gasteiger partial charge in [0.1, 0.15) is 49.2 Å². The number of ether oxygens (including phenoxy) is 7. The van der Waals surface area contributed by atoms with E-state index in [2.05, 4.69) is 82.1 Å². The lowest BCUT2D eigenvalue weighted by atomic mass is 10.00. The second-order valence-corrected chi connectivity index (χ2v) is 31.6. The van der Waals surface area contributed by atoms with Crippen LogP contribution in [0.1, 0.15) is 125 Å². The van der Waals surface area contributed by atoms with Crippen LogP contribution >= 0.6 is 0 Å². The van der Waals surface area contributed by atoms with E-state index in [4.69, 9.17) is 33.2 Å². The molecule has 18 rings (SSSR count). The van der Waals surface area contributed by atoms with Crippen LogP contribution in [-0.2, 0) is 47.5 Å². The molecule has 4 saturated heterocycles. The topological polar surface area (TPSA) is 500 Å². The van der Waals surface area contributed by atoms with Crippen LogP contribution in [0.3, 0.4) is 0 Å². The summed E-state index contributed by atoms with van der Waals surface area (Å²) < 4.78 is 64.6. The van der Waals surface area contributed by atoms with Crippen molar-refractivity contribution >= 4 is 134 Å². The quantitative estimate of drug-likeness (QED) is 0.0241. The smallest absolute Gasteiger partial charge is 0.337 e. The van der Waals surface area contributed by atoms with Crippen LogP contribution in [-0.4, -0.2) is 217 Å². The van der Waals surface area contributed by atoms with Gasteiger partial charge in [0.05, 0.1) is 89.6 Å². The predicted octanol–water partition coefficient (Wildman–Crippen LogP) is 11.4. The Bertz CT molecular complexity index is 6370. The first kappa shape index (κ1) is 91.1. The molecule has 10 heterocycles. The van der Waals surface area contributed by atoms with Crippen molar-refractivity contribution in [1.82, 2.24) is 74.5 Å². The van der Waals surface area contributed by atoms with Crippen LogP contribution in [0.15, 0.2) is 208 Å². The van der Waals surface area contributed by atoms with Gasteiger partial charge in [0.25, 0.3) is 0 Å². The van der Waals surface area contributed by atoms with E-state index < -0.39 is 121 Å². The molecule has 12 unspecified atom stereocenters. The minimum Gasteiger partial charge on any atom is -0.478 e. The van der Waals surface area contributed by atoms with E-state index in [0.29, 0.717) is 71.7 Å². The number of hydrogen-bond acceptors (Lipinski definition) is 25. The number of imidazole rings is 3. The van der Waals surface area contributed by atoms with Gasteiger partial charge in [0.15, 0.2) is 76.0 Å². The molecular weight excluding hydrogens is 1720 g/mol. The molecule has 2 aliphatic carbocycles. The van der Waals surface area contributed by atoms with Crippen molar-refractivity contribution in [2.24, 2.45) is 11.8 Å². The standard InChI is InChI=1S/C32H33N7O6.C31H30FN7O6.C29H29N7O7/c1-3-33-32(43)37-29-26-30(35-17-34-29)39(18-36-26)23-15-20(16-24(40)38(2)22-12-8-7-11-21(22)31(41)42)27-28(23)45-25(44-27)14-13-19-9-5-4-6-10-19;1-2-33-31(43)38-28-25-29(35-15-34-28)39(16-36-25)21-13-18(14-22(40)37-24-19(30(41)42)9-6-10-20(24)32)26-27(21)45-23(44-26)12-11-17-7-4-3-5-8-17;1-3-30-29(40)34-24-21-25(32-14-31-24)36(15-33-21)26-23-22(42-28(43-23)16-9-5-4-6-10-16)19(41-26)13-20(37)35(2)18-12-8-7-11-17(18)27(38)39/h4-14,17-18,20,23,25,27-28H,3,15-16H2,1-2H3,(H,41,42)(H2,33,34,35,37,43);3-12,15-16,18,21,23,26-27H,2,13-14H2,1H3,(H,37,40)(H,41,42)(H2,33,34,35,38,43);4-12,14-15,19,22-23,26,28H,3,13H2,1-2H3,(H,38,39)(H2,30,31,32,34,40)/b14-13+;12-11+;/t20?,23?,25-,27?,28?;18?,21?,23-,26?,27?;19?,22?,23?,26?,28-/m000/s1. The van der Waals surface area contributed by atoms with Crippen LogP contribution in [0.2, 0.25) is 0 Å². The van der Waals surface area contributed by atoms with Crippen molar-refractivity contribution in [2.75, 3.05) is 64.8 Å². The number of aromatic carboxylic acids is 3. The van der Waals surface area contributed by atoms with E-state index >= 15 is 0 Å². The maximum Gasteiger partial charge on any atom is 0.337 e. The van der Waals surface area contributed by atoms with Crippen LogP contribution in [0.25, 0.3) is 45.6 Å². The average Bonchev–Trinajstić information content (AvgIpc) is 1.59. The minimum absolute atomic E-state index is 0.00707. The Kier molecular flexibility index (Phi) is 27.9. The molecule has 6 aliphatic rings. The highest BCUT2D eigenvalue weighted by atomic mass is 19.1. The lowest BCUT2D eigenvalue weighted by Gasteiger charge is -2.24. The van der Waals surface area contributed by atoms with Crippen LogP contribution < -0.4 is 47.0 Å². The molecular formula is C92H92FN21O19. The van der Waals surface area contributed by atoms with Crippen LogP contribution in [0.4, 0.5) is 53.3 Å². The zero-order valence-electron chi connectivity index (χ0n) is 72.1. The maximum atomic E-state index is 14.5. The van der Waals surface area contributed by atoms with Gasteiger partial charge < -0.3 is 88.7 Å². The molecule has 6 aromatic heterocycles. The molecule has 6 aromatic carbocycles. The van der Waals surface area contributed by atoms with E-state index in [0.717, 1.165) is 22.8 Å². The summed E-state index contributed by atoms with van der Waals surface area (Å²) in [5.74, 6) is -5.54. The number of benzene rings is 6. The third-order valence-electron chi connectivity index (χ3n) is 23.3. The van der Waals surface area contributed by atoms with Gasteiger partial charge in [0, 0.05) is 52.1 Å². The maximum absolute atomic E-state index is 14.5. The summed E-state index contributed by atoms with van der Waals surface area (Å²) in [4.78, 5) is 154. The van der Waals surface area contributed by atoms with Gasteiger partial charge in [0.2, 0.25) is 17.7 Å². The molecule has 133 heavy (non-hydrogen) atoms. The number of carboxylic acid groups (broad SMARTS) is 3. The van der Waals surface area contributed by atoms with Gasteiger partial charge in [-0.3, -0.25) is 34.9 Å². The second kappa shape index (κ2) is 40.8. The van der Waals surface area contributed by atoms with Crippen molar-refractivity contribution in [3.8, 4) is 0 Å². The summed E-state index contributed by atoms with van der Waals surface area (Å²) in [6, 6.07) is 43.2. The number of aromatic nitrogens is 12. The molecule has 2 saturated carbocycles. The summed E-state index contributed by atoms with van der Waals surface area (Å²) in [5, 5.41) is 47.3. The monoisotopic (exact) mass is 1810 g/mol. The largest absolute Gasteiger partial charge is 0.478 e. The van der Waals surface area contributed by atoms with Gasteiger partial charge in [-0.2, -0.15) is 0 Å². The summed E-state index contributed by atoms with van der Waals surface area (Å²) in [6.07, 6.45) is 10.2. The Morgan fingerprint density at radius 3 is 1.28 bits per heavy atom. The SMILES string of the molecule is CCNC(=O)Nc1ncnc2c1ncn2C1CC(CC(=O)N(C)c2ccccc2C(=O)O)C2O[C@H](/C=C/c3ccccc3)OC21.CCNC(=O)Nc1ncnc2c1ncn2C1CC(CC(=O)Nc2c(F)cccc2C(=O)O)C2O[C@H](/C=C/c3ccccc3)OC21.CCNC(=O)Nc1ncnc2c1ncn2C1OC(CC(=O)N(C)c2ccccc2C(=O)O)C2O[C@H](c3ccccc3)OC21. The summed E-state index contributed by atoms with van der Waals surface area (Å²) in [7, 11) is 3.10. The summed E-state index contributed by atoms with van der Waals surface area (Å²) in [6.45, 7) is 6.73. The fraction of sp³-hybridized carbons (Fsp3) is 0.304. The van der Waals surface area contributed by atoms with E-state index in [-0.39, 0.29) is 94.8 Å². The number of hydrogen-bond donors (Lipinski definition) is 10. The van der Waals surface area contributed by atoms with Crippen molar-refractivity contribution in [3.63, 3.8) is 0 Å². The van der Waals surface area contributed by atoms with Crippen molar-refractivity contribution in [3.05, 3.63) is 247 Å². The average molecular weight is 1810 g/mol. The van der Waals surface area contributed by atoms with Gasteiger partial charge in [-0.1, -0.05) is 133 Å². The third kappa shape index (κ3) is 20.1. The summed E-state index contributed by atoms with van der Waals surface area (Å²) >= 11 is 0. The molecule has 12 aromatic rings. The number of rotatable bonds is 26. The molecule has 0 radical (unpaired) electrons. The molecule has 10 N–H and O–H groups in total. The lowest BCUT2D eigenvalue weighted by Crippen LogP contribution is -2.35. The van der Waals surface area contributed by atoms with Gasteiger partial charge >= 0.3 is 36.0 Å². The first-order valence-corrected chi connectivity index (χ1v) is 42.8. The van der Waals surface area contributed by atoms with Gasteiger partial charge in [-0.15, -0.1) is 0 Å². The van der Waals surface area contributed by atoms with Crippen molar-refractivity contribution in [1.29, 1.82) is 0 Å². The fourth-order valence-electron chi connectivity index (χ4n) is 17.2. The number of amides is 9. The zero-order chi connectivity index (χ0) is 93.1. The van der Waals surface area contributed by atoms with Crippen molar-refractivity contribution in [2.45, 2.75) is 133 Å². The van der Waals surface area contributed by atoms with Crippen LogP contribution in [0.5, 0.6) is 0 Å².